The highest BCUT2D eigenvalue weighted by molar-refractivity contribution is 14.1. The Morgan fingerprint density at radius 1 is 1.33 bits per heavy atom. The van der Waals surface area contributed by atoms with Crippen molar-refractivity contribution in [1.29, 1.82) is 0 Å². The number of phenols is 1. The Balaban J connectivity index is 3.51. The molecule has 0 amide bonds. The van der Waals surface area contributed by atoms with Crippen molar-refractivity contribution in [2.75, 3.05) is 14.2 Å². The van der Waals surface area contributed by atoms with Gasteiger partial charge in [-0.2, -0.15) is 0 Å². The molecule has 4 nitrogen and oxygen atoms in total. The molecular weight excluding hydrogens is 311 g/mol. The van der Waals surface area contributed by atoms with Crippen molar-refractivity contribution in [3.05, 3.63) is 15.2 Å². The normalized spacial score (nSPS) is 9.87. The number of methoxy groups -OCH3 is 2. The summed E-state index contributed by atoms with van der Waals surface area (Å²) in [5.41, 5.74) is 0.183. The number of hydrogen-bond donors (Lipinski definition) is 1. The molecule has 0 aliphatic rings. The number of carbonyl (C=O) groups is 1. The Hall–Kier alpha value is -0.980. The van der Waals surface area contributed by atoms with Crippen molar-refractivity contribution in [1.82, 2.24) is 0 Å². The summed E-state index contributed by atoms with van der Waals surface area (Å²) in [6.45, 7) is 1.38. The van der Waals surface area contributed by atoms with Gasteiger partial charge < -0.3 is 14.6 Å². The molecule has 15 heavy (non-hydrogen) atoms. The molecule has 0 saturated carbocycles. The van der Waals surface area contributed by atoms with Gasteiger partial charge >= 0.3 is 0 Å². The molecule has 1 aromatic rings. The average molecular weight is 322 g/mol. The summed E-state index contributed by atoms with van der Waals surface area (Å²) in [4.78, 5) is 11.3. The predicted octanol–water partition coefficient (Wildman–Crippen LogP) is 2.22. The zero-order chi connectivity index (χ0) is 11.6. The molecule has 0 aromatic heterocycles. The van der Waals surface area contributed by atoms with Crippen molar-refractivity contribution in [2.24, 2.45) is 0 Å². The van der Waals surface area contributed by atoms with E-state index in [1.165, 1.54) is 21.1 Å². The van der Waals surface area contributed by atoms with Gasteiger partial charge in [-0.1, -0.05) is 0 Å². The third-order valence-electron chi connectivity index (χ3n) is 1.96. The molecular formula is C10H11IO4. The molecule has 0 spiro atoms. The number of ether oxygens (including phenoxy) is 2. The van der Waals surface area contributed by atoms with Gasteiger partial charge in [0, 0.05) is 6.07 Å². The van der Waals surface area contributed by atoms with E-state index < -0.39 is 0 Å². The first-order chi connectivity index (χ1) is 7.02. The van der Waals surface area contributed by atoms with Crippen LogP contribution in [0.15, 0.2) is 6.07 Å². The number of rotatable bonds is 3. The molecule has 1 rings (SSSR count). The zero-order valence-corrected chi connectivity index (χ0v) is 10.8. The summed E-state index contributed by atoms with van der Waals surface area (Å²) >= 11 is 1.91. The lowest BCUT2D eigenvalue weighted by atomic mass is 10.1. The molecule has 0 heterocycles. The highest BCUT2D eigenvalue weighted by Crippen LogP contribution is 2.39. The number of aromatic hydroxyl groups is 1. The van der Waals surface area contributed by atoms with E-state index in [1.807, 2.05) is 22.6 Å². The quantitative estimate of drug-likeness (QED) is 0.685. The fraction of sp³-hybridized carbons (Fsp3) is 0.300. The molecule has 5 heteroatoms. The summed E-state index contributed by atoms with van der Waals surface area (Å²) < 4.78 is 10.6. The Morgan fingerprint density at radius 2 is 1.87 bits per heavy atom. The van der Waals surface area contributed by atoms with Crippen LogP contribution in [0.2, 0.25) is 0 Å². The lowest BCUT2D eigenvalue weighted by Crippen LogP contribution is -2.01. The molecule has 0 fully saturated rings. The number of Topliss-reactive ketones (excluding diaryl/α,β-unsaturated/α-hetero) is 1. The topological polar surface area (TPSA) is 55.8 Å². The monoisotopic (exact) mass is 322 g/mol. The fourth-order valence-corrected chi connectivity index (χ4v) is 1.89. The predicted molar refractivity (Wildman–Crippen MR) is 63.9 cm³/mol. The van der Waals surface area contributed by atoms with Gasteiger partial charge in [0.15, 0.2) is 5.78 Å². The van der Waals surface area contributed by atoms with Gasteiger partial charge in [0.05, 0.1) is 17.8 Å². The van der Waals surface area contributed by atoms with Crippen LogP contribution in [-0.2, 0) is 0 Å². The number of benzene rings is 1. The van der Waals surface area contributed by atoms with Gasteiger partial charge in [-0.05, 0) is 29.5 Å². The first-order valence-electron chi connectivity index (χ1n) is 4.17. The third kappa shape index (κ3) is 2.17. The number of ketones is 1. The van der Waals surface area contributed by atoms with Gasteiger partial charge in [-0.3, -0.25) is 4.79 Å². The van der Waals surface area contributed by atoms with Gasteiger partial charge in [0.25, 0.3) is 0 Å². The van der Waals surface area contributed by atoms with Crippen LogP contribution in [0.5, 0.6) is 17.2 Å². The van der Waals surface area contributed by atoms with E-state index in [1.54, 1.807) is 6.07 Å². The van der Waals surface area contributed by atoms with Crippen LogP contribution in [0.4, 0.5) is 0 Å². The van der Waals surface area contributed by atoms with E-state index in [9.17, 15) is 9.90 Å². The summed E-state index contributed by atoms with van der Waals surface area (Å²) in [6.07, 6.45) is 0. The van der Waals surface area contributed by atoms with Crippen LogP contribution in [0.3, 0.4) is 0 Å². The molecule has 0 atom stereocenters. The highest BCUT2D eigenvalue weighted by atomic mass is 127. The second-order valence-corrected chi connectivity index (χ2v) is 3.95. The van der Waals surface area contributed by atoms with Crippen molar-refractivity contribution < 1.29 is 19.4 Å². The fourth-order valence-electron chi connectivity index (χ4n) is 1.25. The number of phenolic OH excluding ortho intramolecular Hbond substituents is 1. The maximum Gasteiger partial charge on any atom is 0.167 e. The van der Waals surface area contributed by atoms with E-state index in [-0.39, 0.29) is 17.1 Å². The summed E-state index contributed by atoms with van der Waals surface area (Å²) in [5.74, 6) is 0.455. The van der Waals surface area contributed by atoms with Gasteiger partial charge in [0.1, 0.15) is 22.8 Å². The van der Waals surface area contributed by atoms with E-state index in [0.29, 0.717) is 15.1 Å². The Labute approximate surface area is 101 Å². The molecule has 0 aliphatic carbocycles. The first-order valence-corrected chi connectivity index (χ1v) is 5.25. The minimum absolute atomic E-state index is 0.0979. The van der Waals surface area contributed by atoms with Gasteiger partial charge in [0.2, 0.25) is 0 Å². The van der Waals surface area contributed by atoms with Crippen LogP contribution in [0.1, 0.15) is 17.3 Å². The van der Waals surface area contributed by atoms with Gasteiger partial charge in [-0.25, -0.2) is 0 Å². The molecule has 1 N–H and O–H groups in total. The summed E-state index contributed by atoms with van der Waals surface area (Å²) in [5, 5.41) is 9.80. The molecule has 1 aromatic carbocycles. The van der Waals surface area contributed by atoms with Crippen molar-refractivity contribution in [3.63, 3.8) is 0 Å². The Morgan fingerprint density at radius 3 is 2.27 bits per heavy atom. The second-order valence-electron chi connectivity index (χ2n) is 2.87. The van der Waals surface area contributed by atoms with Crippen LogP contribution in [0.25, 0.3) is 0 Å². The molecule has 0 saturated heterocycles. The minimum atomic E-state index is -0.245. The maximum atomic E-state index is 11.3. The van der Waals surface area contributed by atoms with E-state index in [2.05, 4.69) is 0 Å². The molecule has 82 valence electrons. The molecule has 0 unspecified atom stereocenters. The summed E-state index contributed by atoms with van der Waals surface area (Å²) in [7, 11) is 2.93. The van der Waals surface area contributed by atoms with Crippen molar-refractivity contribution in [2.45, 2.75) is 6.92 Å². The lowest BCUT2D eigenvalue weighted by molar-refractivity contribution is 0.101. The maximum absolute atomic E-state index is 11.3. The van der Waals surface area contributed by atoms with E-state index in [0.717, 1.165) is 0 Å². The van der Waals surface area contributed by atoms with Crippen LogP contribution < -0.4 is 9.47 Å². The first kappa shape index (κ1) is 12.1. The van der Waals surface area contributed by atoms with Crippen LogP contribution >= 0.6 is 22.6 Å². The highest BCUT2D eigenvalue weighted by Gasteiger charge is 2.20. The number of halogens is 1. The van der Waals surface area contributed by atoms with E-state index in [4.69, 9.17) is 9.47 Å². The second kappa shape index (κ2) is 4.69. The molecule has 0 aliphatic heterocycles. The lowest BCUT2D eigenvalue weighted by Gasteiger charge is -2.12. The van der Waals surface area contributed by atoms with Crippen molar-refractivity contribution in [3.8, 4) is 17.2 Å². The largest absolute Gasteiger partial charge is 0.506 e. The van der Waals surface area contributed by atoms with Crippen LogP contribution in [0, 0.1) is 3.57 Å². The third-order valence-corrected chi connectivity index (χ3v) is 3.00. The standard InChI is InChI=1S/C10H11IO4/c1-5(12)8-6(14-2)4-7(15-3)9(11)10(8)13/h4,13H,1-3H3. The van der Waals surface area contributed by atoms with Crippen LogP contribution in [-0.4, -0.2) is 25.1 Å². The summed E-state index contributed by atoms with van der Waals surface area (Å²) in [6, 6.07) is 1.58. The van der Waals surface area contributed by atoms with Crippen molar-refractivity contribution >= 4 is 28.4 Å². The molecule has 0 radical (unpaired) electrons. The van der Waals surface area contributed by atoms with E-state index >= 15 is 0 Å². The molecule has 0 bridgehead atoms. The SMILES string of the molecule is COc1cc(OC)c(C(C)=O)c(O)c1I. The zero-order valence-electron chi connectivity index (χ0n) is 8.63. The van der Waals surface area contributed by atoms with Gasteiger partial charge in [-0.15, -0.1) is 0 Å². The smallest absolute Gasteiger partial charge is 0.167 e. The number of carbonyl (C=O) groups excluding carboxylic acids is 1. The Kier molecular flexibility index (Phi) is 3.78. The average Bonchev–Trinajstić information content (AvgIpc) is 2.20. The number of hydrogen-bond acceptors (Lipinski definition) is 4. The Bertz CT molecular complexity index is 401. The minimum Gasteiger partial charge on any atom is -0.506 e.